The van der Waals surface area contributed by atoms with E-state index in [2.05, 4.69) is 11.9 Å². The summed E-state index contributed by atoms with van der Waals surface area (Å²) in [5, 5.41) is 8.71. The number of aromatic carboxylic acids is 1. The maximum atomic E-state index is 10.6. The van der Waals surface area contributed by atoms with Crippen LogP contribution in [-0.4, -0.2) is 16.1 Å². The van der Waals surface area contributed by atoms with Crippen LogP contribution >= 0.6 is 23.6 Å². The monoisotopic (exact) mass is 442 g/mol. The molecule has 0 unspecified atom stereocenters. The Labute approximate surface area is 118 Å². The fraction of sp³-hybridized carbons (Fsp3) is 0.200. The minimum absolute atomic E-state index is 0.275. The van der Waals surface area contributed by atoms with Crippen molar-refractivity contribution in [1.29, 1.82) is 0 Å². The van der Waals surface area contributed by atoms with Gasteiger partial charge in [-0.2, -0.15) is 0 Å². The molecule has 1 heterocycles. The molecule has 0 atom stereocenters. The van der Waals surface area contributed by atoms with E-state index in [9.17, 15) is 4.79 Å². The summed E-state index contributed by atoms with van der Waals surface area (Å²) in [6.45, 7) is 2.21. The molecule has 0 spiro atoms. The van der Waals surface area contributed by atoms with Gasteiger partial charge in [-0.05, 0) is 30.4 Å². The van der Waals surface area contributed by atoms with Crippen molar-refractivity contribution >= 4 is 39.7 Å². The second-order valence-electron chi connectivity index (χ2n) is 3.03. The number of hydrogen-bond acceptors (Lipinski definition) is 3. The third kappa shape index (κ3) is 3.64. The molecule has 0 fully saturated rings. The van der Waals surface area contributed by atoms with Gasteiger partial charge in [-0.1, -0.05) is 0 Å². The van der Waals surface area contributed by atoms with Gasteiger partial charge in [-0.3, -0.25) is 0 Å². The zero-order valence-corrected chi connectivity index (χ0v) is 15.9. The van der Waals surface area contributed by atoms with Gasteiger partial charge >= 0.3 is 42.9 Å². The number of hydrogen-bond donors (Lipinski definition) is 2. The van der Waals surface area contributed by atoms with Crippen molar-refractivity contribution in [3.05, 3.63) is 27.7 Å². The van der Waals surface area contributed by atoms with E-state index < -0.39 is 5.97 Å². The Morgan fingerprint density at radius 3 is 2.81 bits per heavy atom. The van der Waals surface area contributed by atoms with Gasteiger partial charge in [-0.25, -0.2) is 4.79 Å². The van der Waals surface area contributed by atoms with Crippen LogP contribution in [0.15, 0.2) is 18.2 Å². The average molecular weight is 441 g/mol. The molecule has 3 nitrogen and oxygen atoms in total. The molecule has 0 bridgehead atoms. The number of fused-ring (bicyclic) bond motifs is 1. The predicted octanol–water partition coefficient (Wildman–Crippen LogP) is 3.63. The summed E-state index contributed by atoms with van der Waals surface area (Å²) in [6.07, 6.45) is 0. The molecule has 0 amide bonds. The minimum Gasteiger partial charge on any atom is -0.478 e. The fourth-order valence-corrected chi connectivity index (χ4v) is 2.18. The topological polar surface area (TPSA) is 53.1 Å². The first kappa shape index (κ1) is 13.8. The number of H-pyrrole nitrogens is 1. The smallest absolute Gasteiger partial charge is 0.335 e. The number of thiazole rings is 1. The van der Waals surface area contributed by atoms with Crippen molar-refractivity contribution in [3.63, 3.8) is 0 Å². The molecule has 1 aromatic carbocycles. The first-order valence-corrected chi connectivity index (χ1v) is 9.85. The summed E-state index contributed by atoms with van der Waals surface area (Å²) in [4.78, 5) is 13.5. The summed E-state index contributed by atoms with van der Waals surface area (Å²) >= 11 is 7.44. The second-order valence-corrected chi connectivity index (χ2v) is 8.64. The second kappa shape index (κ2) is 6.47. The zero-order chi connectivity index (χ0) is 12.1. The fourth-order valence-electron chi connectivity index (χ4n) is 1.09. The normalized spacial score (nSPS) is 9.69. The van der Waals surface area contributed by atoms with E-state index in [1.165, 1.54) is 15.3 Å². The first-order valence-electron chi connectivity index (χ1n) is 4.74. The van der Waals surface area contributed by atoms with E-state index in [0.29, 0.717) is 3.95 Å². The van der Waals surface area contributed by atoms with Crippen LogP contribution in [0.2, 0.25) is 3.93 Å². The Bertz CT molecular complexity index is 547. The molecule has 0 radical (unpaired) electrons. The molecule has 6 heteroatoms. The number of carboxylic acid groups (broad SMARTS) is 1. The van der Waals surface area contributed by atoms with Gasteiger partial charge < -0.3 is 10.1 Å². The molecule has 0 saturated carbocycles. The Hall–Kier alpha value is -0.265. The molecule has 81 valence electrons. The molecular formula is C10H10HgNO2S2. The molecule has 2 rings (SSSR count). The number of carboxylic acids is 1. The standard InChI is InChI=1S/C8H5NO2S2.C2H5.Hg/c10-7(11)4-1-2-6-5(3-4)9-8(12)13-6;1-2;/h1-3H,(H,9,12)(H,10,11);1H2,2H3;. The largest absolute Gasteiger partial charge is 0.478 e. The number of carbonyl (C=O) groups is 1. The Morgan fingerprint density at radius 1 is 1.62 bits per heavy atom. The maximum absolute atomic E-state index is 10.6. The van der Waals surface area contributed by atoms with Gasteiger partial charge in [0.05, 0.1) is 15.8 Å². The Kier molecular flexibility index (Phi) is 5.58. The van der Waals surface area contributed by atoms with E-state index >= 15 is 0 Å². The maximum Gasteiger partial charge on any atom is 0.335 e. The molecule has 2 N–H and O–H groups in total. The molecule has 1 aromatic heterocycles. The number of rotatable bonds is 1. The minimum atomic E-state index is -0.924. The molecule has 0 aliphatic rings. The van der Waals surface area contributed by atoms with Crippen LogP contribution in [0.4, 0.5) is 0 Å². The number of benzene rings is 1. The van der Waals surface area contributed by atoms with Gasteiger partial charge in [0.1, 0.15) is 0 Å². The number of aromatic nitrogens is 1. The van der Waals surface area contributed by atoms with Gasteiger partial charge in [0, 0.05) is 0 Å². The van der Waals surface area contributed by atoms with Crippen molar-refractivity contribution in [2.24, 2.45) is 0 Å². The molecule has 16 heavy (non-hydrogen) atoms. The van der Waals surface area contributed by atoms with Crippen molar-refractivity contribution in [1.82, 2.24) is 4.98 Å². The summed E-state index contributed by atoms with van der Waals surface area (Å²) in [5.41, 5.74) is 1.06. The predicted molar refractivity (Wildman–Crippen MR) is 64.5 cm³/mol. The van der Waals surface area contributed by atoms with Gasteiger partial charge in [-0.15, -0.1) is 11.3 Å². The van der Waals surface area contributed by atoms with Crippen LogP contribution < -0.4 is 0 Å². The molecular weight excluding hydrogens is 431 g/mol. The SMILES string of the molecule is C[CH2][Hg].O=C(O)c1ccc2sc(=S)[nH]c2c1. The quantitative estimate of drug-likeness (QED) is 0.526. The summed E-state index contributed by atoms with van der Waals surface area (Å²) in [7, 11) is 0. The summed E-state index contributed by atoms with van der Waals surface area (Å²) in [5.74, 6) is -0.924. The third-order valence-corrected chi connectivity index (χ3v) is 2.88. The number of aromatic amines is 1. The van der Waals surface area contributed by atoms with Crippen molar-refractivity contribution in [2.45, 2.75) is 10.9 Å². The van der Waals surface area contributed by atoms with Crippen molar-refractivity contribution in [3.8, 4) is 0 Å². The van der Waals surface area contributed by atoms with Crippen LogP contribution in [0.25, 0.3) is 10.2 Å². The van der Waals surface area contributed by atoms with E-state index in [1.54, 1.807) is 18.2 Å². The molecule has 0 aliphatic carbocycles. The van der Waals surface area contributed by atoms with Gasteiger partial charge in [0.2, 0.25) is 0 Å². The zero-order valence-electron chi connectivity index (χ0n) is 8.82. The molecule has 0 saturated heterocycles. The van der Waals surface area contributed by atoms with Gasteiger partial charge in [0.15, 0.2) is 3.95 Å². The van der Waals surface area contributed by atoms with Crippen LogP contribution in [0.1, 0.15) is 17.3 Å². The van der Waals surface area contributed by atoms with Gasteiger partial charge in [0.25, 0.3) is 0 Å². The Morgan fingerprint density at radius 2 is 2.25 bits per heavy atom. The third-order valence-electron chi connectivity index (χ3n) is 1.67. The average Bonchev–Trinajstić information content (AvgIpc) is 2.57. The van der Waals surface area contributed by atoms with Crippen LogP contribution in [0.3, 0.4) is 0 Å². The first-order chi connectivity index (χ1) is 7.58. The molecule has 0 aliphatic heterocycles. The summed E-state index contributed by atoms with van der Waals surface area (Å²) in [6, 6.07) is 4.92. The summed E-state index contributed by atoms with van der Waals surface area (Å²) < 4.78 is 3.09. The van der Waals surface area contributed by atoms with Crippen LogP contribution in [0, 0.1) is 3.95 Å². The Balaban J connectivity index is 0.000000386. The van der Waals surface area contributed by atoms with E-state index in [4.69, 9.17) is 17.3 Å². The van der Waals surface area contributed by atoms with E-state index in [1.807, 2.05) is 0 Å². The van der Waals surface area contributed by atoms with Crippen molar-refractivity contribution in [2.75, 3.05) is 0 Å². The van der Waals surface area contributed by atoms with E-state index in [-0.39, 0.29) is 5.56 Å². The van der Waals surface area contributed by atoms with Crippen molar-refractivity contribution < 1.29 is 36.0 Å². The molecule has 2 aromatic rings. The number of nitrogens with one attached hydrogen (secondary N) is 1. The van der Waals surface area contributed by atoms with E-state index in [0.717, 1.165) is 36.3 Å². The van der Waals surface area contributed by atoms with Crippen LogP contribution in [-0.2, 0) is 26.1 Å². The van der Waals surface area contributed by atoms with Crippen LogP contribution in [0.5, 0.6) is 0 Å².